The minimum absolute atomic E-state index is 0.0437. The topological polar surface area (TPSA) is 112 Å². The number of unbranched alkanes of at least 4 members (excludes halogenated alkanes) is 1. The maximum atomic E-state index is 13.0. The second-order valence-corrected chi connectivity index (χ2v) is 8.73. The smallest absolute Gasteiger partial charge is 0.344 e. The maximum absolute atomic E-state index is 13.0. The van der Waals surface area contributed by atoms with Gasteiger partial charge in [-0.1, -0.05) is 30.3 Å². The first-order valence-electron chi connectivity index (χ1n) is 13.4. The number of esters is 2. The van der Waals surface area contributed by atoms with Crippen molar-refractivity contribution in [3.05, 3.63) is 83.9 Å². The van der Waals surface area contributed by atoms with Gasteiger partial charge in [0.05, 0.1) is 25.5 Å². The first-order valence-corrected chi connectivity index (χ1v) is 13.4. The van der Waals surface area contributed by atoms with E-state index in [-0.39, 0.29) is 38.0 Å². The summed E-state index contributed by atoms with van der Waals surface area (Å²) in [6, 6.07) is 22.1. The number of carbonyl (C=O) groups excluding carboxylic acids is 3. The summed E-state index contributed by atoms with van der Waals surface area (Å²) in [4.78, 5) is 36.5. The Balaban J connectivity index is 1.58. The molecule has 0 radical (unpaired) electrons. The fraction of sp³-hybridized carbons (Fsp3) is 0.323. The average molecular weight is 549 g/mol. The Morgan fingerprint density at radius 1 is 0.775 bits per heavy atom. The van der Waals surface area contributed by atoms with Gasteiger partial charge in [0.15, 0.2) is 6.61 Å². The molecule has 0 atom stereocenters. The van der Waals surface area contributed by atoms with Crippen molar-refractivity contribution in [1.82, 2.24) is 0 Å². The zero-order chi connectivity index (χ0) is 28.6. The molecule has 40 heavy (non-hydrogen) atoms. The lowest BCUT2D eigenvalue weighted by atomic mass is 10.1. The third-order valence-electron chi connectivity index (χ3n) is 5.71. The van der Waals surface area contributed by atoms with Crippen LogP contribution in [0.15, 0.2) is 72.8 Å². The Bertz CT molecular complexity index is 1230. The van der Waals surface area contributed by atoms with E-state index in [1.807, 2.05) is 18.2 Å². The normalized spacial score (nSPS) is 10.3. The quantitative estimate of drug-likeness (QED) is 0.184. The molecule has 0 bridgehead atoms. The van der Waals surface area contributed by atoms with Crippen molar-refractivity contribution in [3.63, 3.8) is 0 Å². The molecule has 0 unspecified atom stereocenters. The van der Waals surface area contributed by atoms with Crippen LogP contribution in [0.5, 0.6) is 11.5 Å². The summed E-state index contributed by atoms with van der Waals surface area (Å²) in [5.74, 6) is -0.356. The van der Waals surface area contributed by atoms with Crippen LogP contribution < -0.4 is 20.1 Å². The van der Waals surface area contributed by atoms with E-state index < -0.39 is 11.9 Å². The number of benzene rings is 3. The van der Waals surface area contributed by atoms with Gasteiger partial charge in [0, 0.05) is 11.3 Å². The molecule has 1 amide bonds. The van der Waals surface area contributed by atoms with Gasteiger partial charge in [-0.25, -0.2) is 4.79 Å². The standard InChI is InChI=1S/C31H36N2O7/c1-3-37-29(34)21-32-25-15-18-28(40-22-30(35)38-4-2)27(20-25)33-31(36)24-13-16-26(17-14-24)39-19-9-8-12-23-10-6-5-7-11-23/h5-7,10-11,13-18,20,32H,3-4,8-9,12,19,21-22H2,1-2H3,(H,33,36). The number of nitrogens with one attached hydrogen (secondary N) is 2. The van der Waals surface area contributed by atoms with Crippen LogP contribution in [0.3, 0.4) is 0 Å². The lowest BCUT2D eigenvalue weighted by molar-refractivity contribution is -0.145. The van der Waals surface area contributed by atoms with Crippen molar-refractivity contribution in [2.24, 2.45) is 0 Å². The third-order valence-corrected chi connectivity index (χ3v) is 5.71. The van der Waals surface area contributed by atoms with Crippen molar-refractivity contribution < 1.29 is 33.3 Å². The summed E-state index contributed by atoms with van der Waals surface area (Å²) in [5, 5.41) is 5.77. The molecule has 9 nitrogen and oxygen atoms in total. The van der Waals surface area contributed by atoms with Crippen LogP contribution >= 0.6 is 0 Å². The molecule has 2 N–H and O–H groups in total. The van der Waals surface area contributed by atoms with Crippen LogP contribution in [0.1, 0.15) is 42.6 Å². The van der Waals surface area contributed by atoms with E-state index in [0.717, 1.165) is 19.3 Å². The van der Waals surface area contributed by atoms with E-state index in [2.05, 4.69) is 22.8 Å². The number of hydrogen-bond acceptors (Lipinski definition) is 8. The fourth-order valence-electron chi connectivity index (χ4n) is 3.75. The average Bonchev–Trinajstić information content (AvgIpc) is 2.96. The number of aryl methyl sites for hydroxylation is 1. The van der Waals surface area contributed by atoms with Crippen LogP contribution in [0, 0.1) is 0 Å². The second-order valence-electron chi connectivity index (χ2n) is 8.73. The van der Waals surface area contributed by atoms with Crippen molar-refractivity contribution >= 4 is 29.2 Å². The highest BCUT2D eigenvalue weighted by molar-refractivity contribution is 6.05. The molecule has 0 aliphatic heterocycles. The summed E-state index contributed by atoms with van der Waals surface area (Å²) in [6.07, 6.45) is 2.96. The van der Waals surface area contributed by atoms with Crippen molar-refractivity contribution in [1.29, 1.82) is 0 Å². The molecule has 9 heteroatoms. The molecule has 212 valence electrons. The Labute approximate surface area is 234 Å². The monoisotopic (exact) mass is 548 g/mol. The molecule has 0 aliphatic carbocycles. The minimum Gasteiger partial charge on any atom is -0.494 e. The van der Waals surface area contributed by atoms with E-state index in [0.29, 0.717) is 29.3 Å². The highest BCUT2D eigenvalue weighted by atomic mass is 16.6. The Kier molecular flexibility index (Phi) is 12.3. The van der Waals surface area contributed by atoms with Crippen LogP contribution in [0.25, 0.3) is 0 Å². The van der Waals surface area contributed by atoms with Gasteiger partial charge in [-0.15, -0.1) is 0 Å². The molecule has 3 rings (SSSR count). The van der Waals surface area contributed by atoms with Crippen molar-refractivity contribution in [2.45, 2.75) is 33.1 Å². The highest BCUT2D eigenvalue weighted by Crippen LogP contribution is 2.29. The van der Waals surface area contributed by atoms with Crippen LogP contribution in [-0.2, 0) is 25.5 Å². The molecule has 3 aromatic carbocycles. The van der Waals surface area contributed by atoms with E-state index >= 15 is 0 Å². The number of hydrogen-bond donors (Lipinski definition) is 2. The lowest BCUT2D eigenvalue weighted by Crippen LogP contribution is -2.18. The number of anilines is 2. The van der Waals surface area contributed by atoms with Gasteiger partial charge in [0.1, 0.15) is 18.0 Å². The van der Waals surface area contributed by atoms with Gasteiger partial charge < -0.3 is 29.6 Å². The van der Waals surface area contributed by atoms with Gasteiger partial charge >= 0.3 is 11.9 Å². The molecule has 0 aromatic heterocycles. The Morgan fingerprint density at radius 3 is 2.23 bits per heavy atom. The van der Waals surface area contributed by atoms with E-state index in [1.165, 1.54) is 5.56 Å². The number of amides is 1. The number of carbonyl (C=O) groups is 3. The zero-order valence-corrected chi connectivity index (χ0v) is 22.9. The summed E-state index contributed by atoms with van der Waals surface area (Å²) in [5.41, 5.74) is 2.61. The fourth-order valence-corrected chi connectivity index (χ4v) is 3.75. The Hall–Kier alpha value is -4.53. The molecule has 0 heterocycles. The van der Waals surface area contributed by atoms with Crippen molar-refractivity contribution in [2.75, 3.05) is 43.6 Å². The molecule has 0 saturated carbocycles. The first kappa shape index (κ1) is 30.0. The SMILES string of the molecule is CCOC(=O)CNc1ccc(OCC(=O)OCC)c(NC(=O)c2ccc(OCCCCc3ccccc3)cc2)c1. The van der Waals surface area contributed by atoms with Crippen LogP contribution in [0.2, 0.25) is 0 Å². The predicted octanol–water partition coefficient (Wildman–Crippen LogP) is 5.26. The molecule has 3 aromatic rings. The predicted molar refractivity (Wildman–Crippen MR) is 153 cm³/mol. The maximum Gasteiger partial charge on any atom is 0.344 e. The summed E-state index contributed by atoms with van der Waals surface area (Å²) in [6.45, 7) is 4.17. The lowest BCUT2D eigenvalue weighted by Gasteiger charge is -2.15. The van der Waals surface area contributed by atoms with Gasteiger partial charge in [0.25, 0.3) is 5.91 Å². The zero-order valence-electron chi connectivity index (χ0n) is 22.9. The molecular formula is C31H36N2O7. The van der Waals surface area contributed by atoms with Crippen molar-refractivity contribution in [3.8, 4) is 11.5 Å². The van der Waals surface area contributed by atoms with E-state index in [4.69, 9.17) is 18.9 Å². The van der Waals surface area contributed by atoms with Crippen LogP contribution in [0.4, 0.5) is 11.4 Å². The number of ether oxygens (including phenoxy) is 4. The first-order chi connectivity index (χ1) is 19.5. The van der Waals surface area contributed by atoms with Gasteiger partial charge in [-0.2, -0.15) is 0 Å². The molecule has 0 fully saturated rings. The van der Waals surface area contributed by atoms with E-state index in [1.54, 1.807) is 56.3 Å². The third kappa shape index (κ3) is 10.3. The van der Waals surface area contributed by atoms with Gasteiger partial charge in [-0.3, -0.25) is 9.59 Å². The summed E-state index contributed by atoms with van der Waals surface area (Å²) in [7, 11) is 0. The largest absolute Gasteiger partial charge is 0.494 e. The Morgan fingerprint density at radius 2 is 1.50 bits per heavy atom. The van der Waals surface area contributed by atoms with E-state index in [9.17, 15) is 14.4 Å². The molecule has 0 saturated heterocycles. The molecule has 0 aliphatic rings. The molecule has 0 spiro atoms. The second kappa shape index (κ2) is 16.4. The number of rotatable bonds is 16. The van der Waals surface area contributed by atoms with Gasteiger partial charge in [-0.05, 0) is 81.1 Å². The minimum atomic E-state index is -0.528. The highest BCUT2D eigenvalue weighted by Gasteiger charge is 2.14. The van der Waals surface area contributed by atoms with Gasteiger partial charge in [0.2, 0.25) is 0 Å². The summed E-state index contributed by atoms with van der Waals surface area (Å²) < 4.78 is 21.3. The summed E-state index contributed by atoms with van der Waals surface area (Å²) >= 11 is 0. The molecular weight excluding hydrogens is 512 g/mol. The van der Waals surface area contributed by atoms with Crippen LogP contribution in [-0.4, -0.2) is 50.8 Å².